The van der Waals surface area contributed by atoms with E-state index in [0.29, 0.717) is 12.5 Å². The van der Waals surface area contributed by atoms with E-state index < -0.39 is 0 Å². The highest BCUT2D eigenvalue weighted by molar-refractivity contribution is 7.20. The van der Waals surface area contributed by atoms with E-state index in [1.54, 1.807) is 4.52 Å². The van der Waals surface area contributed by atoms with E-state index in [2.05, 4.69) is 38.8 Å². The van der Waals surface area contributed by atoms with Gasteiger partial charge in [0.1, 0.15) is 5.82 Å². The highest BCUT2D eigenvalue weighted by atomic mass is 35.5. The molecule has 4 rings (SSSR count). The molecule has 0 bridgehead atoms. The third kappa shape index (κ3) is 3.59. The summed E-state index contributed by atoms with van der Waals surface area (Å²) in [6.07, 6.45) is 5.79. The lowest BCUT2D eigenvalue weighted by Gasteiger charge is -2.10. The number of benzene rings is 1. The Bertz CT molecular complexity index is 983. The first-order valence-electron chi connectivity index (χ1n) is 8.44. The molecule has 134 valence electrons. The minimum absolute atomic E-state index is 0.581. The molecule has 3 heterocycles. The van der Waals surface area contributed by atoms with Crippen LogP contribution in [-0.2, 0) is 13.1 Å². The molecular weight excluding hydrogens is 368 g/mol. The van der Waals surface area contributed by atoms with E-state index >= 15 is 0 Å². The van der Waals surface area contributed by atoms with Crippen molar-refractivity contribution in [2.45, 2.75) is 26.9 Å². The van der Waals surface area contributed by atoms with Crippen molar-refractivity contribution in [1.29, 1.82) is 0 Å². The lowest BCUT2D eigenvalue weighted by Crippen LogP contribution is -2.11. The Hall–Kier alpha value is -2.38. The number of halogens is 1. The fraction of sp³-hybridized carbons (Fsp3) is 0.278. The molecule has 0 aliphatic heterocycles. The summed E-state index contributed by atoms with van der Waals surface area (Å²) in [4.78, 5) is 9.93. The number of nitrogens with zero attached hydrogens (tertiary/aromatic N) is 5. The van der Waals surface area contributed by atoms with Crippen LogP contribution in [0, 0.1) is 5.92 Å². The molecule has 0 amide bonds. The number of imidazole rings is 2. The molecule has 0 fully saturated rings. The van der Waals surface area contributed by atoms with Gasteiger partial charge in [0, 0.05) is 29.5 Å². The maximum absolute atomic E-state index is 5.94. The quantitative estimate of drug-likeness (QED) is 0.527. The molecule has 1 aromatic carbocycles. The predicted molar refractivity (Wildman–Crippen MR) is 106 cm³/mol. The maximum Gasteiger partial charge on any atom is 0.214 e. The van der Waals surface area contributed by atoms with Gasteiger partial charge in [-0.05, 0) is 18.1 Å². The Balaban J connectivity index is 1.48. The Morgan fingerprint density at radius 1 is 1.23 bits per heavy atom. The van der Waals surface area contributed by atoms with Gasteiger partial charge in [-0.25, -0.2) is 14.5 Å². The van der Waals surface area contributed by atoms with Crippen LogP contribution in [0.3, 0.4) is 0 Å². The van der Waals surface area contributed by atoms with Gasteiger partial charge in [-0.3, -0.25) is 0 Å². The molecule has 0 atom stereocenters. The summed E-state index contributed by atoms with van der Waals surface area (Å²) in [5.74, 6) is 1.59. The Labute approximate surface area is 160 Å². The van der Waals surface area contributed by atoms with E-state index in [9.17, 15) is 0 Å². The van der Waals surface area contributed by atoms with Crippen molar-refractivity contribution in [2.75, 3.05) is 5.32 Å². The number of anilines is 1. The second kappa shape index (κ2) is 7.09. The van der Waals surface area contributed by atoms with Crippen molar-refractivity contribution in [3.05, 3.63) is 53.7 Å². The molecule has 0 spiro atoms. The van der Waals surface area contributed by atoms with Gasteiger partial charge in [-0.1, -0.05) is 48.9 Å². The summed E-state index contributed by atoms with van der Waals surface area (Å²) in [5.41, 5.74) is 1.91. The standard InChI is InChI=1S/C18H19ClN6S/c1-12(2)10-24-8-7-20-16(24)9-21-17-23-25-11-15(22-18(25)26-17)13-3-5-14(19)6-4-13/h3-8,11-12H,9-10H2,1-2H3,(H,21,23). The molecule has 0 saturated carbocycles. The van der Waals surface area contributed by atoms with Crippen LogP contribution in [0.4, 0.5) is 5.13 Å². The van der Waals surface area contributed by atoms with E-state index in [4.69, 9.17) is 11.6 Å². The molecule has 6 nitrogen and oxygen atoms in total. The lowest BCUT2D eigenvalue weighted by molar-refractivity contribution is 0.509. The van der Waals surface area contributed by atoms with Crippen molar-refractivity contribution in [3.8, 4) is 11.3 Å². The minimum Gasteiger partial charge on any atom is -0.353 e. The molecule has 8 heteroatoms. The number of aromatic nitrogens is 5. The molecule has 4 aromatic rings. The molecule has 26 heavy (non-hydrogen) atoms. The van der Waals surface area contributed by atoms with Gasteiger partial charge in [-0.15, -0.1) is 5.10 Å². The molecule has 0 radical (unpaired) electrons. The number of nitrogens with one attached hydrogen (secondary N) is 1. The second-order valence-corrected chi connectivity index (χ2v) is 7.90. The summed E-state index contributed by atoms with van der Waals surface area (Å²) in [7, 11) is 0. The molecule has 1 N–H and O–H groups in total. The van der Waals surface area contributed by atoms with E-state index in [-0.39, 0.29) is 0 Å². The van der Waals surface area contributed by atoms with Crippen molar-refractivity contribution >= 4 is 33.0 Å². The molecule has 0 aliphatic carbocycles. The normalized spacial score (nSPS) is 11.5. The first kappa shape index (κ1) is 17.1. The highest BCUT2D eigenvalue weighted by Gasteiger charge is 2.11. The number of rotatable bonds is 6. The molecule has 0 saturated heterocycles. The average molecular weight is 387 g/mol. The van der Waals surface area contributed by atoms with Gasteiger partial charge in [-0.2, -0.15) is 0 Å². The van der Waals surface area contributed by atoms with Crippen LogP contribution < -0.4 is 5.32 Å². The topological polar surface area (TPSA) is 60.0 Å². The zero-order valence-corrected chi connectivity index (χ0v) is 16.1. The zero-order chi connectivity index (χ0) is 18.1. The number of fused-ring (bicyclic) bond motifs is 1. The van der Waals surface area contributed by atoms with E-state index in [0.717, 1.165) is 38.7 Å². The summed E-state index contributed by atoms with van der Waals surface area (Å²) >= 11 is 7.47. The minimum atomic E-state index is 0.581. The smallest absolute Gasteiger partial charge is 0.214 e. The van der Waals surface area contributed by atoms with Crippen LogP contribution in [0.1, 0.15) is 19.7 Å². The zero-order valence-electron chi connectivity index (χ0n) is 14.6. The van der Waals surface area contributed by atoms with Gasteiger partial charge in [0.05, 0.1) is 18.4 Å². The molecule has 0 aliphatic rings. The number of hydrogen-bond donors (Lipinski definition) is 1. The maximum atomic E-state index is 5.94. The van der Waals surface area contributed by atoms with Crippen molar-refractivity contribution in [2.24, 2.45) is 5.92 Å². The average Bonchev–Trinajstić information content (AvgIpc) is 3.27. The third-order valence-corrected chi connectivity index (χ3v) is 5.08. The second-order valence-electron chi connectivity index (χ2n) is 6.51. The van der Waals surface area contributed by atoms with Crippen LogP contribution in [-0.4, -0.2) is 24.1 Å². The summed E-state index contributed by atoms with van der Waals surface area (Å²) in [5, 5.41) is 9.46. The summed E-state index contributed by atoms with van der Waals surface area (Å²) in [6, 6.07) is 7.65. The van der Waals surface area contributed by atoms with Gasteiger partial charge in [0.2, 0.25) is 10.1 Å². The van der Waals surface area contributed by atoms with Gasteiger partial charge < -0.3 is 9.88 Å². The van der Waals surface area contributed by atoms with Crippen molar-refractivity contribution in [1.82, 2.24) is 24.1 Å². The SMILES string of the molecule is CC(C)Cn1ccnc1CNc1nn2cc(-c3ccc(Cl)cc3)nc2s1. The number of hydrogen-bond acceptors (Lipinski definition) is 5. The fourth-order valence-corrected chi connectivity index (χ4v) is 3.66. The molecule has 0 unspecified atom stereocenters. The van der Waals surface area contributed by atoms with Gasteiger partial charge in [0.25, 0.3) is 0 Å². The third-order valence-electron chi connectivity index (χ3n) is 3.94. The largest absolute Gasteiger partial charge is 0.353 e. The van der Waals surface area contributed by atoms with Crippen LogP contribution in [0.25, 0.3) is 16.2 Å². The van der Waals surface area contributed by atoms with Gasteiger partial charge >= 0.3 is 0 Å². The van der Waals surface area contributed by atoms with Crippen LogP contribution >= 0.6 is 22.9 Å². The van der Waals surface area contributed by atoms with Crippen LogP contribution in [0.2, 0.25) is 5.02 Å². The fourth-order valence-electron chi connectivity index (χ4n) is 2.75. The summed E-state index contributed by atoms with van der Waals surface area (Å²) in [6.45, 7) is 6.00. The monoisotopic (exact) mass is 386 g/mol. The Kier molecular flexibility index (Phi) is 4.65. The van der Waals surface area contributed by atoms with Crippen molar-refractivity contribution < 1.29 is 0 Å². The van der Waals surface area contributed by atoms with Crippen LogP contribution in [0.15, 0.2) is 42.9 Å². The molecular formula is C18H19ClN6S. The Morgan fingerprint density at radius 2 is 2.04 bits per heavy atom. The van der Waals surface area contributed by atoms with Gasteiger partial charge in [0.15, 0.2) is 0 Å². The Morgan fingerprint density at radius 3 is 2.77 bits per heavy atom. The van der Waals surface area contributed by atoms with E-state index in [1.807, 2.05) is 42.9 Å². The first-order chi connectivity index (χ1) is 12.6. The van der Waals surface area contributed by atoms with E-state index in [1.165, 1.54) is 11.3 Å². The van der Waals surface area contributed by atoms with Crippen LogP contribution in [0.5, 0.6) is 0 Å². The lowest BCUT2D eigenvalue weighted by atomic mass is 10.2. The predicted octanol–water partition coefficient (Wildman–Crippen LogP) is 4.58. The molecule has 3 aromatic heterocycles. The van der Waals surface area contributed by atoms with Crippen molar-refractivity contribution in [3.63, 3.8) is 0 Å². The highest BCUT2D eigenvalue weighted by Crippen LogP contribution is 2.25. The summed E-state index contributed by atoms with van der Waals surface area (Å²) < 4.78 is 3.98. The first-order valence-corrected chi connectivity index (χ1v) is 9.64.